The summed E-state index contributed by atoms with van der Waals surface area (Å²) in [5.74, 6) is 0. The Hall–Kier alpha value is -0.560. The van der Waals surface area contributed by atoms with Crippen molar-refractivity contribution in [3.05, 3.63) is 24.3 Å². The fraction of sp³-hybridized carbons (Fsp3) is 0.714. The summed E-state index contributed by atoms with van der Waals surface area (Å²) in [4.78, 5) is 0. The summed E-state index contributed by atoms with van der Waals surface area (Å²) in [6.07, 6.45) is 4.71. The lowest BCUT2D eigenvalue weighted by Crippen LogP contribution is -2.21. The summed E-state index contributed by atoms with van der Waals surface area (Å²) < 4.78 is 6.05. The maximum Gasteiger partial charge on any atom is 0.0613 e. The SMILES string of the molecule is C=C(C)CC(CC)OC(CC)CC(=C)C. The van der Waals surface area contributed by atoms with Crippen LogP contribution in [0.5, 0.6) is 0 Å². The largest absolute Gasteiger partial charge is 0.374 e. The van der Waals surface area contributed by atoms with Gasteiger partial charge in [-0.3, -0.25) is 0 Å². The smallest absolute Gasteiger partial charge is 0.0613 e. The molecular weight excluding hydrogens is 184 g/mol. The van der Waals surface area contributed by atoms with E-state index in [2.05, 4.69) is 40.9 Å². The second kappa shape index (κ2) is 7.70. The van der Waals surface area contributed by atoms with Crippen molar-refractivity contribution in [2.24, 2.45) is 0 Å². The van der Waals surface area contributed by atoms with Crippen molar-refractivity contribution in [3.63, 3.8) is 0 Å². The zero-order valence-electron chi connectivity index (χ0n) is 10.8. The molecule has 0 aromatic rings. The second-order valence-corrected chi connectivity index (χ2v) is 4.52. The summed E-state index contributed by atoms with van der Waals surface area (Å²) >= 11 is 0. The molecule has 0 saturated heterocycles. The van der Waals surface area contributed by atoms with Gasteiger partial charge >= 0.3 is 0 Å². The van der Waals surface area contributed by atoms with Gasteiger partial charge in [-0.2, -0.15) is 0 Å². The highest BCUT2D eigenvalue weighted by Gasteiger charge is 2.14. The fourth-order valence-electron chi connectivity index (χ4n) is 1.63. The van der Waals surface area contributed by atoms with E-state index in [1.54, 1.807) is 0 Å². The van der Waals surface area contributed by atoms with Gasteiger partial charge in [0.15, 0.2) is 0 Å². The summed E-state index contributed by atoms with van der Waals surface area (Å²) in [6.45, 7) is 16.3. The Morgan fingerprint density at radius 2 is 1.27 bits per heavy atom. The Morgan fingerprint density at radius 1 is 0.933 bits per heavy atom. The Labute approximate surface area is 95.2 Å². The Morgan fingerprint density at radius 3 is 1.47 bits per heavy atom. The minimum absolute atomic E-state index is 0.326. The van der Waals surface area contributed by atoms with Gasteiger partial charge in [0.2, 0.25) is 0 Å². The molecule has 0 aromatic carbocycles. The van der Waals surface area contributed by atoms with E-state index in [0.717, 1.165) is 25.7 Å². The van der Waals surface area contributed by atoms with Gasteiger partial charge in [-0.05, 0) is 39.5 Å². The first-order valence-corrected chi connectivity index (χ1v) is 5.93. The van der Waals surface area contributed by atoms with Crippen LogP contribution in [0.1, 0.15) is 53.4 Å². The summed E-state index contributed by atoms with van der Waals surface area (Å²) in [5, 5.41) is 0. The molecule has 0 spiro atoms. The van der Waals surface area contributed by atoms with Crippen LogP contribution >= 0.6 is 0 Å². The highest BCUT2D eigenvalue weighted by atomic mass is 16.5. The first-order valence-electron chi connectivity index (χ1n) is 5.93. The van der Waals surface area contributed by atoms with Gasteiger partial charge in [0.1, 0.15) is 0 Å². The van der Waals surface area contributed by atoms with Gasteiger partial charge < -0.3 is 4.74 Å². The molecule has 0 saturated carbocycles. The summed E-state index contributed by atoms with van der Waals surface area (Å²) in [6, 6.07) is 0. The van der Waals surface area contributed by atoms with Crippen LogP contribution < -0.4 is 0 Å². The van der Waals surface area contributed by atoms with Crippen molar-refractivity contribution >= 4 is 0 Å². The highest BCUT2D eigenvalue weighted by molar-refractivity contribution is 4.93. The van der Waals surface area contributed by atoms with Gasteiger partial charge in [0.05, 0.1) is 12.2 Å². The van der Waals surface area contributed by atoms with E-state index in [4.69, 9.17) is 4.74 Å². The van der Waals surface area contributed by atoms with Crippen molar-refractivity contribution in [3.8, 4) is 0 Å². The molecule has 0 aromatic heterocycles. The maximum atomic E-state index is 6.05. The van der Waals surface area contributed by atoms with Crippen molar-refractivity contribution in [2.75, 3.05) is 0 Å². The van der Waals surface area contributed by atoms with Crippen LogP contribution in [0.25, 0.3) is 0 Å². The van der Waals surface area contributed by atoms with Crippen molar-refractivity contribution < 1.29 is 4.74 Å². The monoisotopic (exact) mass is 210 g/mol. The van der Waals surface area contributed by atoms with Crippen molar-refractivity contribution in [2.45, 2.75) is 65.6 Å². The van der Waals surface area contributed by atoms with E-state index in [-0.39, 0.29) is 0 Å². The predicted molar refractivity (Wildman–Crippen MR) is 68.1 cm³/mol. The summed E-state index contributed by atoms with van der Waals surface area (Å²) in [7, 11) is 0. The minimum Gasteiger partial charge on any atom is -0.374 e. The third-order valence-electron chi connectivity index (χ3n) is 2.45. The fourth-order valence-corrected chi connectivity index (χ4v) is 1.63. The molecule has 0 amide bonds. The van der Waals surface area contributed by atoms with Crippen LogP contribution in [0, 0.1) is 0 Å². The van der Waals surface area contributed by atoms with Gasteiger partial charge in [0.25, 0.3) is 0 Å². The molecule has 0 aliphatic rings. The molecule has 0 N–H and O–H groups in total. The zero-order valence-corrected chi connectivity index (χ0v) is 10.8. The molecular formula is C14H26O. The maximum absolute atomic E-state index is 6.05. The Bertz CT molecular complexity index is 183. The molecule has 88 valence electrons. The number of hydrogen-bond acceptors (Lipinski definition) is 1. The van der Waals surface area contributed by atoms with E-state index >= 15 is 0 Å². The van der Waals surface area contributed by atoms with E-state index in [1.165, 1.54) is 11.1 Å². The lowest BCUT2D eigenvalue weighted by atomic mass is 10.1. The third-order valence-corrected chi connectivity index (χ3v) is 2.45. The lowest BCUT2D eigenvalue weighted by molar-refractivity contribution is -0.0145. The van der Waals surface area contributed by atoms with Crippen LogP contribution in [0.2, 0.25) is 0 Å². The molecule has 15 heavy (non-hydrogen) atoms. The van der Waals surface area contributed by atoms with E-state index < -0.39 is 0 Å². The zero-order chi connectivity index (χ0) is 11.8. The molecule has 2 atom stereocenters. The molecule has 1 heteroatoms. The van der Waals surface area contributed by atoms with E-state index in [1.807, 2.05) is 0 Å². The van der Waals surface area contributed by atoms with Gasteiger partial charge in [-0.25, -0.2) is 0 Å². The van der Waals surface area contributed by atoms with Gasteiger partial charge in [-0.1, -0.05) is 25.0 Å². The number of rotatable bonds is 8. The van der Waals surface area contributed by atoms with Crippen LogP contribution in [-0.4, -0.2) is 12.2 Å². The predicted octanol–water partition coefficient (Wildman–Crippen LogP) is 4.49. The summed E-state index contributed by atoms with van der Waals surface area (Å²) in [5.41, 5.74) is 2.40. The third kappa shape index (κ3) is 7.38. The van der Waals surface area contributed by atoms with E-state index in [0.29, 0.717) is 12.2 Å². The molecule has 0 fully saturated rings. The van der Waals surface area contributed by atoms with Crippen LogP contribution in [0.3, 0.4) is 0 Å². The van der Waals surface area contributed by atoms with Crippen molar-refractivity contribution in [1.29, 1.82) is 0 Å². The molecule has 0 rings (SSSR count). The number of hydrogen-bond donors (Lipinski definition) is 0. The molecule has 0 aliphatic heterocycles. The average molecular weight is 210 g/mol. The molecule has 1 nitrogen and oxygen atoms in total. The van der Waals surface area contributed by atoms with Crippen LogP contribution in [0.15, 0.2) is 24.3 Å². The number of ether oxygens (including phenoxy) is 1. The van der Waals surface area contributed by atoms with Gasteiger partial charge in [-0.15, -0.1) is 13.2 Å². The molecule has 2 unspecified atom stereocenters. The standard InChI is InChI=1S/C14H26O/c1-7-13(9-11(3)4)15-14(8-2)10-12(5)6/h13-14H,3,5,7-10H2,1-2,4,6H3. The molecule has 0 bridgehead atoms. The lowest BCUT2D eigenvalue weighted by Gasteiger charge is -2.23. The Balaban J connectivity index is 4.10. The first-order chi connectivity index (χ1) is 6.99. The molecule has 0 heterocycles. The molecule has 0 radical (unpaired) electrons. The topological polar surface area (TPSA) is 9.23 Å². The normalized spacial score (nSPS) is 14.7. The van der Waals surface area contributed by atoms with E-state index in [9.17, 15) is 0 Å². The van der Waals surface area contributed by atoms with Gasteiger partial charge in [0, 0.05) is 0 Å². The highest BCUT2D eigenvalue weighted by Crippen LogP contribution is 2.17. The minimum atomic E-state index is 0.326. The average Bonchev–Trinajstić information content (AvgIpc) is 2.14. The quantitative estimate of drug-likeness (QED) is 0.536. The second-order valence-electron chi connectivity index (χ2n) is 4.52. The van der Waals surface area contributed by atoms with Crippen LogP contribution in [-0.2, 0) is 4.74 Å². The Kier molecular flexibility index (Phi) is 7.41. The van der Waals surface area contributed by atoms with Crippen LogP contribution in [0.4, 0.5) is 0 Å². The molecule has 0 aliphatic carbocycles. The van der Waals surface area contributed by atoms with Crippen molar-refractivity contribution in [1.82, 2.24) is 0 Å². The first kappa shape index (κ1) is 14.4.